The standard InChI is InChI=1S/C44H25ClS/c45-37-22-11-15-28-29-24-25-39-40(30-14-3-10-23-38(30)46-39)42(29)44(41(28)37)35-20-8-6-18-33(35)43(34-19-7-9-21-36(34)44)31-16-4-1-12-26(31)27-13-2-5-17-32(27)43/h1-25H. The highest BCUT2D eigenvalue weighted by molar-refractivity contribution is 7.25. The van der Waals surface area contributed by atoms with Crippen molar-refractivity contribution in [3.05, 3.63) is 201 Å². The molecule has 1 heterocycles. The summed E-state index contributed by atoms with van der Waals surface area (Å²) in [7, 11) is 0. The van der Waals surface area contributed by atoms with Crippen molar-refractivity contribution in [2.45, 2.75) is 10.8 Å². The number of benzene rings is 7. The quantitative estimate of drug-likeness (QED) is 0.158. The summed E-state index contributed by atoms with van der Waals surface area (Å²) in [6.45, 7) is 0. The molecule has 0 atom stereocenters. The Labute approximate surface area is 276 Å². The average molecular weight is 621 g/mol. The molecular formula is C44H25ClS. The largest absolute Gasteiger partial charge is 0.135 e. The normalized spacial score (nSPS) is 15.4. The molecule has 0 unspecified atom stereocenters. The van der Waals surface area contributed by atoms with E-state index in [9.17, 15) is 0 Å². The van der Waals surface area contributed by atoms with E-state index in [1.807, 2.05) is 11.3 Å². The van der Waals surface area contributed by atoms with Gasteiger partial charge in [0.2, 0.25) is 0 Å². The summed E-state index contributed by atoms with van der Waals surface area (Å²) in [5, 5.41) is 3.47. The van der Waals surface area contributed by atoms with Crippen molar-refractivity contribution in [3.63, 3.8) is 0 Å². The van der Waals surface area contributed by atoms with Gasteiger partial charge < -0.3 is 0 Å². The number of fused-ring (bicyclic) bond motifs is 20. The van der Waals surface area contributed by atoms with Crippen molar-refractivity contribution >= 4 is 43.1 Å². The van der Waals surface area contributed by atoms with Crippen molar-refractivity contribution < 1.29 is 0 Å². The van der Waals surface area contributed by atoms with Gasteiger partial charge >= 0.3 is 0 Å². The fourth-order valence-electron chi connectivity index (χ4n) is 9.60. The van der Waals surface area contributed by atoms with Gasteiger partial charge in [0.05, 0.1) is 10.8 Å². The van der Waals surface area contributed by atoms with E-state index < -0.39 is 10.8 Å². The first-order chi connectivity index (χ1) is 22.8. The molecule has 1 aromatic heterocycles. The van der Waals surface area contributed by atoms with Crippen LogP contribution in [0.15, 0.2) is 152 Å². The number of thiophene rings is 1. The molecule has 0 saturated heterocycles. The Hall–Kier alpha value is -4.95. The van der Waals surface area contributed by atoms with E-state index in [1.54, 1.807) is 0 Å². The molecule has 0 aliphatic heterocycles. The zero-order valence-corrected chi connectivity index (χ0v) is 26.3. The highest BCUT2D eigenvalue weighted by atomic mass is 35.5. The smallest absolute Gasteiger partial charge is 0.0741 e. The maximum Gasteiger partial charge on any atom is 0.0741 e. The van der Waals surface area contributed by atoms with Gasteiger partial charge in [-0.05, 0) is 85.0 Å². The molecule has 0 amide bonds. The molecule has 8 aromatic rings. The highest BCUT2D eigenvalue weighted by Crippen LogP contribution is 2.69. The molecule has 0 radical (unpaired) electrons. The molecule has 7 aromatic carbocycles. The summed E-state index contributed by atoms with van der Waals surface area (Å²) < 4.78 is 2.63. The summed E-state index contributed by atoms with van der Waals surface area (Å²) >= 11 is 9.36. The predicted molar refractivity (Wildman–Crippen MR) is 193 cm³/mol. The van der Waals surface area contributed by atoms with E-state index in [1.165, 1.54) is 86.9 Å². The Kier molecular flexibility index (Phi) is 4.75. The fourth-order valence-corrected chi connectivity index (χ4v) is 11.0. The Morgan fingerprint density at radius 3 is 1.52 bits per heavy atom. The zero-order chi connectivity index (χ0) is 30.2. The highest BCUT2D eigenvalue weighted by Gasteiger charge is 2.59. The van der Waals surface area contributed by atoms with Gasteiger partial charge in [-0.2, -0.15) is 0 Å². The first-order valence-corrected chi connectivity index (χ1v) is 17.1. The zero-order valence-electron chi connectivity index (χ0n) is 24.7. The second-order valence-corrected chi connectivity index (χ2v) is 14.3. The van der Waals surface area contributed by atoms with Gasteiger partial charge in [0.1, 0.15) is 0 Å². The minimum absolute atomic E-state index is 0.458. The molecule has 0 fully saturated rings. The van der Waals surface area contributed by atoms with Gasteiger partial charge in [0.15, 0.2) is 0 Å². The van der Waals surface area contributed by atoms with Crippen LogP contribution in [0.1, 0.15) is 44.5 Å². The minimum atomic E-state index is -0.600. The van der Waals surface area contributed by atoms with Crippen LogP contribution in [0.4, 0.5) is 0 Å². The van der Waals surface area contributed by atoms with Crippen molar-refractivity contribution in [2.24, 2.45) is 0 Å². The third-order valence-electron chi connectivity index (χ3n) is 11.0. The van der Waals surface area contributed by atoms with Crippen LogP contribution >= 0.6 is 22.9 Å². The lowest BCUT2D eigenvalue weighted by molar-refractivity contribution is 0.636. The third-order valence-corrected chi connectivity index (χ3v) is 12.5. The second kappa shape index (κ2) is 8.65. The molecule has 0 saturated carbocycles. The first kappa shape index (κ1) is 25.3. The van der Waals surface area contributed by atoms with Crippen LogP contribution in [0.5, 0.6) is 0 Å². The van der Waals surface area contributed by atoms with Gasteiger partial charge in [-0.25, -0.2) is 0 Å². The summed E-state index contributed by atoms with van der Waals surface area (Å²) in [4.78, 5) is 0. The molecule has 0 nitrogen and oxygen atoms in total. The van der Waals surface area contributed by atoms with Gasteiger partial charge in [0.25, 0.3) is 0 Å². The summed E-state index contributed by atoms with van der Waals surface area (Å²) in [5.74, 6) is 0. The van der Waals surface area contributed by atoms with Crippen molar-refractivity contribution in [3.8, 4) is 22.3 Å². The molecule has 0 N–H and O–H groups in total. The maximum absolute atomic E-state index is 7.47. The number of hydrogen-bond acceptors (Lipinski definition) is 1. The van der Waals surface area contributed by atoms with Gasteiger partial charge in [-0.15, -0.1) is 11.3 Å². The number of rotatable bonds is 0. The summed E-state index contributed by atoms with van der Waals surface area (Å²) in [6, 6.07) is 56.7. The van der Waals surface area contributed by atoms with Crippen molar-refractivity contribution in [1.29, 1.82) is 0 Å². The molecule has 2 spiro atoms. The van der Waals surface area contributed by atoms with Crippen LogP contribution < -0.4 is 0 Å². The van der Waals surface area contributed by atoms with E-state index in [0.717, 1.165) is 5.02 Å². The van der Waals surface area contributed by atoms with E-state index in [4.69, 9.17) is 11.6 Å². The Bertz CT molecular complexity index is 2530. The van der Waals surface area contributed by atoms with Crippen LogP contribution in [0.3, 0.4) is 0 Å². The van der Waals surface area contributed by atoms with E-state index in [2.05, 4.69) is 152 Å². The molecule has 2 heteroatoms. The molecule has 214 valence electrons. The predicted octanol–water partition coefficient (Wildman–Crippen LogP) is 11.7. The molecule has 0 bridgehead atoms. The molecule has 11 rings (SSSR count). The van der Waals surface area contributed by atoms with E-state index in [-0.39, 0.29) is 0 Å². The molecular weight excluding hydrogens is 596 g/mol. The Balaban J connectivity index is 1.42. The fraction of sp³-hybridized carbons (Fsp3) is 0.0455. The van der Waals surface area contributed by atoms with Crippen LogP contribution in [-0.4, -0.2) is 0 Å². The van der Waals surface area contributed by atoms with Gasteiger partial charge in [0, 0.05) is 25.2 Å². The topological polar surface area (TPSA) is 0 Å². The average Bonchev–Trinajstić information content (AvgIpc) is 3.74. The molecule has 46 heavy (non-hydrogen) atoms. The second-order valence-electron chi connectivity index (χ2n) is 12.8. The number of halogens is 1. The van der Waals surface area contributed by atoms with Crippen molar-refractivity contribution in [2.75, 3.05) is 0 Å². The van der Waals surface area contributed by atoms with Gasteiger partial charge in [-0.1, -0.05) is 145 Å². The minimum Gasteiger partial charge on any atom is -0.135 e. The third kappa shape index (κ3) is 2.69. The lowest BCUT2D eigenvalue weighted by Crippen LogP contribution is -2.44. The molecule has 3 aliphatic carbocycles. The van der Waals surface area contributed by atoms with Gasteiger partial charge in [-0.3, -0.25) is 0 Å². The van der Waals surface area contributed by atoms with E-state index in [0.29, 0.717) is 0 Å². The van der Waals surface area contributed by atoms with Crippen LogP contribution in [-0.2, 0) is 10.8 Å². The van der Waals surface area contributed by atoms with Crippen LogP contribution in [0.25, 0.3) is 42.4 Å². The SMILES string of the molecule is Clc1cccc2c1C1(c3ccccc3C3(c4ccccc4-c4ccccc43)c3ccccc31)c1c-2ccc2sc3ccccc3c12. The number of hydrogen-bond donors (Lipinski definition) is 0. The Morgan fingerprint density at radius 1 is 0.370 bits per heavy atom. The Morgan fingerprint density at radius 2 is 0.870 bits per heavy atom. The lowest BCUT2D eigenvalue weighted by atomic mass is 9.52. The lowest BCUT2D eigenvalue weighted by Gasteiger charge is -2.49. The van der Waals surface area contributed by atoms with Crippen LogP contribution in [0.2, 0.25) is 5.02 Å². The maximum atomic E-state index is 7.47. The van der Waals surface area contributed by atoms with Crippen LogP contribution in [0, 0.1) is 0 Å². The monoisotopic (exact) mass is 620 g/mol. The first-order valence-electron chi connectivity index (χ1n) is 15.9. The summed E-state index contributed by atoms with van der Waals surface area (Å²) in [6.07, 6.45) is 0. The van der Waals surface area contributed by atoms with E-state index >= 15 is 0 Å². The summed E-state index contributed by atoms with van der Waals surface area (Å²) in [5.41, 5.74) is 14.6. The van der Waals surface area contributed by atoms with Crippen molar-refractivity contribution in [1.82, 2.24) is 0 Å². The molecule has 3 aliphatic rings.